The molecule has 1 aromatic carbocycles. The Labute approximate surface area is 114 Å². The van der Waals surface area contributed by atoms with E-state index in [1.165, 1.54) is 0 Å². The number of ether oxygens (including phenoxy) is 1. The van der Waals surface area contributed by atoms with Crippen molar-refractivity contribution in [3.63, 3.8) is 0 Å². The molecule has 1 saturated heterocycles. The topological polar surface area (TPSA) is 26.3 Å². The van der Waals surface area contributed by atoms with Gasteiger partial charge in [0.2, 0.25) is 0 Å². The molecule has 2 heteroatoms. The van der Waals surface area contributed by atoms with Gasteiger partial charge in [0, 0.05) is 0 Å². The van der Waals surface area contributed by atoms with Crippen LogP contribution in [0.4, 0.5) is 0 Å². The van der Waals surface area contributed by atoms with Gasteiger partial charge in [-0.15, -0.1) is 0 Å². The van der Waals surface area contributed by atoms with Crippen molar-refractivity contribution in [2.24, 2.45) is 0 Å². The lowest BCUT2D eigenvalue weighted by molar-refractivity contribution is -0.155. The number of allylic oxidation sites excluding steroid dienone is 3. The zero-order valence-corrected chi connectivity index (χ0v) is 11.6. The third-order valence-corrected chi connectivity index (χ3v) is 3.28. The largest absolute Gasteiger partial charge is 0.454 e. The maximum Gasteiger partial charge on any atom is 0.339 e. The number of hydrogen-bond acceptors (Lipinski definition) is 2. The Morgan fingerprint density at radius 2 is 2.00 bits per heavy atom. The molecule has 0 unspecified atom stereocenters. The maximum absolute atomic E-state index is 11.7. The van der Waals surface area contributed by atoms with E-state index in [-0.39, 0.29) is 12.1 Å². The Bertz CT molecular complexity index is 497. The highest BCUT2D eigenvalue weighted by atomic mass is 16.6. The Balaban J connectivity index is 2.40. The summed E-state index contributed by atoms with van der Waals surface area (Å²) in [5, 5.41) is 0. The molecule has 1 aromatic rings. The molecule has 0 bridgehead atoms. The number of benzene rings is 1. The smallest absolute Gasteiger partial charge is 0.339 e. The number of carbonyl (C=O) groups excluding carboxylic acids is 1. The molecule has 0 saturated carbocycles. The Hall–Kier alpha value is -1.83. The van der Waals surface area contributed by atoms with Crippen molar-refractivity contribution in [3.8, 4) is 0 Å². The summed E-state index contributed by atoms with van der Waals surface area (Å²) in [4.78, 5) is 11.7. The molecule has 100 valence electrons. The highest BCUT2D eigenvalue weighted by Gasteiger charge is 2.36. The Kier molecular flexibility index (Phi) is 4.56. The number of unbranched alkanes of at least 4 members (excludes halogenated alkanes) is 1. The van der Waals surface area contributed by atoms with Gasteiger partial charge >= 0.3 is 5.97 Å². The van der Waals surface area contributed by atoms with E-state index >= 15 is 0 Å². The van der Waals surface area contributed by atoms with Gasteiger partial charge < -0.3 is 4.74 Å². The fourth-order valence-corrected chi connectivity index (χ4v) is 2.22. The first kappa shape index (κ1) is 13.6. The van der Waals surface area contributed by atoms with Crippen LogP contribution < -0.4 is 0 Å². The van der Waals surface area contributed by atoms with E-state index in [0.29, 0.717) is 0 Å². The highest BCUT2D eigenvalue weighted by molar-refractivity contribution is 6.05. The minimum absolute atomic E-state index is 0.0472. The number of carbonyl (C=O) groups is 1. The summed E-state index contributed by atoms with van der Waals surface area (Å²) < 4.78 is 5.18. The second kappa shape index (κ2) is 6.37. The third kappa shape index (κ3) is 2.95. The molecule has 2 rings (SSSR count). The summed E-state index contributed by atoms with van der Waals surface area (Å²) in [5.74, 6) is -0.174. The van der Waals surface area contributed by atoms with Crippen LogP contribution in [0.3, 0.4) is 0 Å². The van der Waals surface area contributed by atoms with Crippen LogP contribution in [-0.4, -0.2) is 12.1 Å². The van der Waals surface area contributed by atoms with E-state index in [2.05, 4.69) is 19.1 Å². The minimum atomic E-state index is -0.174. The molecule has 19 heavy (non-hydrogen) atoms. The molecule has 1 fully saturated rings. The monoisotopic (exact) mass is 256 g/mol. The van der Waals surface area contributed by atoms with E-state index in [0.717, 1.165) is 36.0 Å². The summed E-state index contributed by atoms with van der Waals surface area (Å²) in [6.45, 7) is 4.18. The van der Waals surface area contributed by atoms with Crippen molar-refractivity contribution in [2.75, 3.05) is 0 Å². The fourth-order valence-electron chi connectivity index (χ4n) is 2.22. The SMILES string of the molecule is CCC/C=C/C(=C1\C(=O)O[C@H]1CC)c1ccccc1. The molecule has 1 aliphatic rings. The second-order valence-corrected chi connectivity index (χ2v) is 4.69. The minimum Gasteiger partial charge on any atom is -0.454 e. The molecule has 1 aliphatic heterocycles. The first-order valence-electron chi connectivity index (χ1n) is 6.95. The van der Waals surface area contributed by atoms with Crippen molar-refractivity contribution in [1.29, 1.82) is 0 Å². The van der Waals surface area contributed by atoms with E-state index in [4.69, 9.17) is 4.74 Å². The predicted molar refractivity (Wildman–Crippen MR) is 77.6 cm³/mol. The predicted octanol–water partition coefficient (Wildman–Crippen LogP) is 4.13. The van der Waals surface area contributed by atoms with Gasteiger partial charge in [-0.05, 0) is 24.0 Å². The number of hydrogen-bond donors (Lipinski definition) is 0. The quantitative estimate of drug-likeness (QED) is 0.585. The fraction of sp³-hybridized carbons (Fsp3) is 0.353. The van der Waals surface area contributed by atoms with E-state index in [1.807, 2.05) is 37.3 Å². The molecule has 0 amide bonds. The third-order valence-electron chi connectivity index (χ3n) is 3.28. The Morgan fingerprint density at radius 1 is 1.26 bits per heavy atom. The number of cyclic esters (lactones) is 1. The van der Waals surface area contributed by atoms with Crippen molar-refractivity contribution in [3.05, 3.63) is 53.6 Å². The van der Waals surface area contributed by atoms with Crippen molar-refractivity contribution < 1.29 is 9.53 Å². The van der Waals surface area contributed by atoms with Gasteiger partial charge in [0.05, 0.1) is 5.57 Å². The summed E-state index contributed by atoms with van der Waals surface area (Å²) in [6, 6.07) is 10.1. The van der Waals surface area contributed by atoms with Crippen molar-refractivity contribution in [2.45, 2.75) is 39.2 Å². The van der Waals surface area contributed by atoms with Gasteiger partial charge in [0.1, 0.15) is 6.10 Å². The first-order valence-corrected chi connectivity index (χ1v) is 6.95. The zero-order chi connectivity index (χ0) is 13.7. The van der Waals surface area contributed by atoms with Crippen LogP contribution in [0.2, 0.25) is 0 Å². The van der Waals surface area contributed by atoms with Crippen molar-refractivity contribution >= 4 is 11.5 Å². The van der Waals surface area contributed by atoms with Gasteiger partial charge in [-0.3, -0.25) is 0 Å². The number of rotatable bonds is 5. The van der Waals surface area contributed by atoms with Crippen LogP contribution in [0.5, 0.6) is 0 Å². The molecule has 0 spiro atoms. The van der Waals surface area contributed by atoms with Gasteiger partial charge in [-0.2, -0.15) is 0 Å². The molecule has 0 N–H and O–H groups in total. The van der Waals surface area contributed by atoms with Gasteiger partial charge in [0.15, 0.2) is 0 Å². The van der Waals surface area contributed by atoms with E-state index in [1.54, 1.807) is 0 Å². The summed E-state index contributed by atoms with van der Waals surface area (Å²) in [7, 11) is 0. The standard InChI is InChI=1S/C17H20O2/c1-3-5-7-12-14(13-10-8-6-9-11-13)16-15(4-2)19-17(16)18/h6-12,15H,3-5H2,1-2H3/b12-7+,16-14+/t15-/m0/s1. The molecular formula is C17H20O2. The lowest BCUT2D eigenvalue weighted by Gasteiger charge is -2.30. The molecule has 1 heterocycles. The van der Waals surface area contributed by atoms with E-state index < -0.39 is 0 Å². The van der Waals surface area contributed by atoms with E-state index in [9.17, 15) is 4.79 Å². The highest BCUT2D eigenvalue weighted by Crippen LogP contribution is 2.33. The first-order chi connectivity index (χ1) is 9.27. The molecule has 0 aromatic heterocycles. The van der Waals surface area contributed by atoms with Gasteiger partial charge in [-0.1, -0.05) is 62.8 Å². The maximum atomic E-state index is 11.7. The van der Waals surface area contributed by atoms with Gasteiger partial charge in [0.25, 0.3) is 0 Å². The lowest BCUT2D eigenvalue weighted by Crippen LogP contribution is -2.37. The zero-order valence-electron chi connectivity index (χ0n) is 11.6. The molecular weight excluding hydrogens is 236 g/mol. The second-order valence-electron chi connectivity index (χ2n) is 4.69. The number of esters is 1. The average molecular weight is 256 g/mol. The van der Waals surface area contributed by atoms with Crippen LogP contribution in [0.15, 0.2) is 48.1 Å². The summed E-state index contributed by atoms with van der Waals surface area (Å²) in [6.07, 6.45) is 7.11. The lowest BCUT2D eigenvalue weighted by atomic mass is 9.91. The normalized spacial score (nSPS) is 21.2. The molecule has 1 atom stereocenters. The average Bonchev–Trinajstić information content (AvgIpc) is 2.44. The van der Waals surface area contributed by atoms with Crippen LogP contribution in [0.25, 0.3) is 5.57 Å². The molecule has 2 nitrogen and oxygen atoms in total. The van der Waals surface area contributed by atoms with Crippen LogP contribution in [-0.2, 0) is 9.53 Å². The van der Waals surface area contributed by atoms with Crippen LogP contribution in [0.1, 0.15) is 38.7 Å². The van der Waals surface area contributed by atoms with Crippen molar-refractivity contribution in [1.82, 2.24) is 0 Å². The van der Waals surface area contributed by atoms with Crippen LogP contribution >= 0.6 is 0 Å². The summed E-state index contributed by atoms with van der Waals surface area (Å²) in [5.41, 5.74) is 2.91. The molecule has 0 aliphatic carbocycles. The van der Waals surface area contributed by atoms with Crippen LogP contribution in [0, 0.1) is 0 Å². The Morgan fingerprint density at radius 3 is 2.58 bits per heavy atom. The van der Waals surface area contributed by atoms with Gasteiger partial charge in [-0.25, -0.2) is 4.79 Å². The summed E-state index contributed by atoms with van der Waals surface area (Å²) >= 11 is 0. The molecule has 0 radical (unpaired) electrons.